The maximum Gasteiger partial charge on any atom is 0.410 e. The fourth-order valence-corrected chi connectivity index (χ4v) is 6.13. The molecule has 1 saturated carbocycles. The van der Waals surface area contributed by atoms with E-state index in [1.807, 2.05) is 75.4 Å². The first-order valence-corrected chi connectivity index (χ1v) is 16.5. The van der Waals surface area contributed by atoms with Gasteiger partial charge in [0.1, 0.15) is 17.5 Å². The number of nitro groups is 1. The summed E-state index contributed by atoms with van der Waals surface area (Å²) in [6, 6.07) is 21.9. The number of hydrogen-bond acceptors (Lipinski definition) is 7. The number of benzene rings is 3. The van der Waals surface area contributed by atoms with E-state index in [0.717, 1.165) is 53.8 Å². The summed E-state index contributed by atoms with van der Waals surface area (Å²) in [4.78, 5) is 39.9. The van der Waals surface area contributed by atoms with Crippen LogP contribution in [0.3, 0.4) is 0 Å². The van der Waals surface area contributed by atoms with Crippen LogP contribution in [0.25, 0.3) is 11.6 Å². The Bertz CT molecular complexity index is 1700. The highest BCUT2D eigenvalue weighted by Gasteiger charge is 2.36. The number of allylic oxidation sites excluding steroid dienone is 2. The van der Waals surface area contributed by atoms with Gasteiger partial charge in [-0.25, -0.2) is 4.79 Å². The normalized spacial score (nSPS) is 20.6. The van der Waals surface area contributed by atoms with Gasteiger partial charge in [-0.05, 0) is 81.1 Å². The smallest absolute Gasteiger partial charge is 0.410 e. The van der Waals surface area contributed by atoms with Crippen LogP contribution in [0.15, 0.2) is 84.9 Å². The van der Waals surface area contributed by atoms with E-state index in [1.165, 1.54) is 12.1 Å². The van der Waals surface area contributed by atoms with Crippen molar-refractivity contribution in [2.45, 2.75) is 76.9 Å². The van der Waals surface area contributed by atoms with Gasteiger partial charge in [0.25, 0.3) is 11.6 Å². The van der Waals surface area contributed by atoms with E-state index in [4.69, 9.17) is 14.2 Å². The molecular formula is C38H41N3O7. The number of carbonyl (C=O) groups excluding carboxylic acids is 2. The average Bonchev–Trinajstić information content (AvgIpc) is 3.30. The minimum absolute atomic E-state index is 0.0358. The highest BCUT2D eigenvalue weighted by atomic mass is 16.6. The van der Waals surface area contributed by atoms with Crippen molar-refractivity contribution in [1.82, 2.24) is 4.90 Å². The van der Waals surface area contributed by atoms with Crippen molar-refractivity contribution in [2.24, 2.45) is 0 Å². The van der Waals surface area contributed by atoms with Crippen LogP contribution in [-0.2, 0) is 20.8 Å². The molecule has 250 valence electrons. The predicted molar refractivity (Wildman–Crippen MR) is 184 cm³/mol. The molecule has 3 aliphatic rings. The number of piperidine rings is 1. The lowest BCUT2D eigenvalue weighted by atomic mass is 9.91. The van der Waals surface area contributed by atoms with E-state index in [-0.39, 0.29) is 36.0 Å². The summed E-state index contributed by atoms with van der Waals surface area (Å²) in [5, 5.41) is 10.9. The molecule has 0 unspecified atom stereocenters. The van der Waals surface area contributed by atoms with Crippen LogP contribution < -0.4 is 9.64 Å². The predicted octanol–water partition coefficient (Wildman–Crippen LogP) is 7.56. The number of para-hydroxylation sites is 1. The zero-order chi connectivity index (χ0) is 33.8. The van der Waals surface area contributed by atoms with Gasteiger partial charge in [0.05, 0.1) is 29.4 Å². The van der Waals surface area contributed by atoms with Crippen LogP contribution in [0.4, 0.5) is 16.2 Å². The SMILES string of the molecule is CC(C)(C)OC(=O)N1CCC(O[C@H]2C[C@H](Oc3ccc(CN4C(=O)C(=CC=Cc5ccc([N+](=O)[O-])cc5)c5ccccc54)cc3)C2)CC1. The molecule has 1 aliphatic carbocycles. The van der Waals surface area contributed by atoms with Crippen LogP contribution in [0.5, 0.6) is 5.75 Å². The van der Waals surface area contributed by atoms with Gasteiger partial charge in [0.15, 0.2) is 0 Å². The second kappa shape index (κ2) is 14.0. The highest BCUT2D eigenvalue weighted by molar-refractivity contribution is 6.32. The van der Waals surface area contributed by atoms with Gasteiger partial charge >= 0.3 is 6.09 Å². The average molecular weight is 652 g/mol. The van der Waals surface area contributed by atoms with E-state index >= 15 is 0 Å². The van der Waals surface area contributed by atoms with Crippen molar-refractivity contribution in [3.05, 3.63) is 112 Å². The molecule has 0 bridgehead atoms. The van der Waals surface area contributed by atoms with E-state index in [2.05, 4.69) is 0 Å². The topological polar surface area (TPSA) is 111 Å². The molecule has 2 fully saturated rings. The first kappa shape index (κ1) is 33.0. The van der Waals surface area contributed by atoms with Gasteiger partial charge in [-0.1, -0.05) is 42.5 Å². The minimum Gasteiger partial charge on any atom is -0.490 e. The van der Waals surface area contributed by atoms with Crippen molar-refractivity contribution >= 4 is 35.0 Å². The lowest BCUT2D eigenvalue weighted by molar-refractivity contribution is -0.384. The zero-order valence-electron chi connectivity index (χ0n) is 27.5. The molecule has 0 N–H and O–H groups in total. The molecule has 0 spiro atoms. The Morgan fingerprint density at radius 3 is 2.29 bits per heavy atom. The van der Waals surface area contributed by atoms with Gasteiger partial charge < -0.3 is 24.0 Å². The molecule has 2 aliphatic heterocycles. The van der Waals surface area contributed by atoms with Crippen LogP contribution >= 0.6 is 0 Å². The number of anilines is 1. The Hall–Kier alpha value is -4.96. The minimum atomic E-state index is -0.493. The Morgan fingerprint density at radius 1 is 0.938 bits per heavy atom. The maximum absolute atomic E-state index is 13.5. The number of rotatable bonds is 9. The second-order valence-corrected chi connectivity index (χ2v) is 13.5. The second-order valence-electron chi connectivity index (χ2n) is 13.5. The van der Waals surface area contributed by atoms with E-state index in [9.17, 15) is 19.7 Å². The molecule has 10 heteroatoms. The fraction of sp³-hybridized carbons (Fsp3) is 0.368. The summed E-state index contributed by atoms with van der Waals surface area (Å²) in [6.07, 6.45) is 8.85. The first-order valence-electron chi connectivity index (χ1n) is 16.5. The maximum atomic E-state index is 13.5. The van der Waals surface area contributed by atoms with Crippen molar-refractivity contribution in [2.75, 3.05) is 18.0 Å². The third-order valence-corrected chi connectivity index (χ3v) is 8.71. The van der Waals surface area contributed by atoms with Crippen molar-refractivity contribution in [1.29, 1.82) is 0 Å². The van der Waals surface area contributed by atoms with E-state index in [1.54, 1.807) is 34.1 Å². The molecule has 0 radical (unpaired) electrons. The highest BCUT2D eigenvalue weighted by Crippen LogP contribution is 2.38. The van der Waals surface area contributed by atoms with Gasteiger partial charge in [-0.3, -0.25) is 14.9 Å². The van der Waals surface area contributed by atoms with Crippen LogP contribution in [0.1, 0.15) is 63.1 Å². The molecule has 48 heavy (non-hydrogen) atoms. The first-order chi connectivity index (χ1) is 23.0. The van der Waals surface area contributed by atoms with Crippen molar-refractivity contribution in [3.63, 3.8) is 0 Å². The summed E-state index contributed by atoms with van der Waals surface area (Å²) < 4.78 is 18.0. The Kier molecular flexibility index (Phi) is 9.63. The quantitative estimate of drug-likeness (QED) is 0.133. The summed E-state index contributed by atoms with van der Waals surface area (Å²) in [5.74, 6) is 0.707. The van der Waals surface area contributed by atoms with Crippen molar-refractivity contribution in [3.8, 4) is 5.75 Å². The summed E-state index contributed by atoms with van der Waals surface area (Å²) in [6.45, 7) is 7.35. The molecule has 0 aromatic heterocycles. The zero-order valence-corrected chi connectivity index (χ0v) is 27.5. The molecular weight excluding hydrogens is 610 g/mol. The summed E-state index contributed by atoms with van der Waals surface area (Å²) in [5.41, 5.74) is 3.65. The molecule has 2 heterocycles. The summed E-state index contributed by atoms with van der Waals surface area (Å²) in [7, 11) is 0. The number of hydrogen-bond donors (Lipinski definition) is 0. The van der Waals surface area contributed by atoms with E-state index in [0.29, 0.717) is 25.2 Å². The standard InChI is InChI=1S/C38H41N3O7/c1-38(2,3)48-37(43)39-21-19-30(20-22-39)47-32-23-31(24-32)46-29-17-13-27(14-18-29)25-40-35-10-5-4-8-33(35)34(36(40)42)9-6-7-26-11-15-28(16-12-26)41(44)45/h4-18,30-32H,19-25H2,1-3H3/t31-,32-. The number of amides is 2. The van der Waals surface area contributed by atoms with Gasteiger partial charge in [-0.15, -0.1) is 0 Å². The molecule has 3 aromatic carbocycles. The molecule has 0 atom stereocenters. The Balaban J connectivity index is 0.980. The van der Waals surface area contributed by atoms with Crippen LogP contribution in [-0.4, -0.2) is 58.8 Å². The Labute approximate surface area is 280 Å². The number of nitrogens with zero attached hydrogens (tertiary/aromatic N) is 3. The Morgan fingerprint density at radius 2 is 1.62 bits per heavy atom. The van der Waals surface area contributed by atoms with E-state index < -0.39 is 10.5 Å². The number of non-ortho nitro benzene ring substituents is 1. The number of likely N-dealkylation sites (tertiary alicyclic amines) is 1. The lowest BCUT2D eigenvalue weighted by Gasteiger charge is -2.40. The van der Waals surface area contributed by atoms with Crippen LogP contribution in [0.2, 0.25) is 0 Å². The number of carbonyl (C=O) groups is 2. The monoisotopic (exact) mass is 651 g/mol. The molecule has 10 nitrogen and oxygen atoms in total. The molecule has 3 aromatic rings. The van der Waals surface area contributed by atoms with Crippen molar-refractivity contribution < 1.29 is 28.7 Å². The third kappa shape index (κ3) is 7.94. The number of nitro benzene ring substituents is 1. The molecule has 2 amide bonds. The largest absolute Gasteiger partial charge is 0.490 e. The molecule has 6 rings (SSSR count). The van der Waals surface area contributed by atoms with Gasteiger partial charge in [-0.2, -0.15) is 0 Å². The lowest BCUT2D eigenvalue weighted by Crippen LogP contribution is -2.46. The fourth-order valence-electron chi connectivity index (χ4n) is 6.13. The van der Waals surface area contributed by atoms with Gasteiger partial charge in [0.2, 0.25) is 0 Å². The summed E-state index contributed by atoms with van der Waals surface area (Å²) >= 11 is 0. The van der Waals surface area contributed by atoms with Crippen LogP contribution in [0, 0.1) is 10.1 Å². The third-order valence-electron chi connectivity index (χ3n) is 8.71. The molecule has 1 saturated heterocycles. The van der Waals surface area contributed by atoms with Gasteiger partial charge in [0, 0.05) is 49.2 Å². The number of fused-ring (bicyclic) bond motifs is 1. The number of ether oxygens (including phenoxy) is 3.